The summed E-state index contributed by atoms with van der Waals surface area (Å²) in [4.78, 5) is 20.1. The number of nitrogens with zero attached hydrogens (tertiary/aromatic N) is 2. The molecule has 0 N–H and O–H groups in total. The first-order chi connectivity index (χ1) is 14.1. The SMILES string of the molecule is COc1cccc2sc(N(Cc3ccco3)C(=O)CSc3ccc(F)cc3)nc12. The van der Waals surface area contributed by atoms with Crippen LogP contribution in [-0.2, 0) is 11.3 Å². The summed E-state index contributed by atoms with van der Waals surface area (Å²) in [5.74, 6) is 1.10. The number of amides is 1. The predicted molar refractivity (Wildman–Crippen MR) is 113 cm³/mol. The number of benzene rings is 2. The minimum Gasteiger partial charge on any atom is -0.494 e. The second-order valence-corrected chi connectivity index (χ2v) is 8.16. The van der Waals surface area contributed by atoms with E-state index in [9.17, 15) is 9.18 Å². The summed E-state index contributed by atoms with van der Waals surface area (Å²) in [5, 5.41) is 0.575. The van der Waals surface area contributed by atoms with E-state index in [1.54, 1.807) is 36.5 Å². The predicted octanol–water partition coefficient (Wildman–Crippen LogP) is 5.36. The van der Waals surface area contributed by atoms with Crippen LogP contribution in [0.3, 0.4) is 0 Å². The Labute approximate surface area is 175 Å². The van der Waals surface area contributed by atoms with Gasteiger partial charge in [-0.1, -0.05) is 17.4 Å². The summed E-state index contributed by atoms with van der Waals surface area (Å²) in [6.07, 6.45) is 1.58. The third-order valence-electron chi connectivity index (χ3n) is 4.19. The van der Waals surface area contributed by atoms with Gasteiger partial charge in [-0.15, -0.1) is 11.8 Å². The average molecular weight is 429 g/mol. The minimum atomic E-state index is -0.302. The molecular formula is C21H17FN2O3S2. The lowest BCUT2D eigenvalue weighted by atomic mass is 10.3. The number of thioether (sulfide) groups is 1. The van der Waals surface area contributed by atoms with Crippen LogP contribution in [-0.4, -0.2) is 23.8 Å². The zero-order valence-corrected chi connectivity index (χ0v) is 17.1. The number of thiazole rings is 1. The molecule has 0 spiro atoms. The molecule has 2 aromatic carbocycles. The number of aromatic nitrogens is 1. The molecule has 0 saturated carbocycles. The van der Waals surface area contributed by atoms with Crippen LogP contribution in [0.1, 0.15) is 5.76 Å². The van der Waals surface area contributed by atoms with E-state index in [1.807, 2.05) is 24.3 Å². The van der Waals surface area contributed by atoms with Crippen molar-refractivity contribution in [2.24, 2.45) is 0 Å². The van der Waals surface area contributed by atoms with E-state index in [0.29, 0.717) is 16.6 Å². The van der Waals surface area contributed by atoms with Crippen molar-refractivity contribution in [2.45, 2.75) is 11.4 Å². The second-order valence-electron chi connectivity index (χ2n) is 6.11. The van der Waals surface area contributed by atoms with Crippen LogP contribution in [0.25, 0.3) is 10.2 Å². The zero-order chi connectivity index (χ0) is 20.2. The van der Waals surface area contributed by atoms with Crippen LogP contribution in [0, 0.1) is 5.82 Å². The number of ether oxygens (including phenoxy) is 1. The average Bonchev–Trinajstić information content (AvgIpc) is 3.40. The van der Waals surface area contributed by atoms with E-state index in [4.69, 9.17) is 9.15 Å². The Balaban J connectivity index is 1.60. The highest BCUT2D eigenvalue weighted by molar-refractivity contribution is 8.00. The molecule has 0 aliphatic heterocycles. The summed E-state index contributed by atoms with van der Waals surface area (Å²) < 4.78 is 24.9. The van der Waals surface area contributed by atoms with Gasteiger partial charge in [0.25, 0.3) is 0 Å². The number of rotatable bonds is 7. The second kappa shape index (κ2) is 8.67. The summed E-state index contributed by atoms with van der Waals surface area (Å²) in [7, 11) is 1.60. The number of hydrogen-bond donors (Lipinski definition) is 0. The topological polar surface area (TPSA) is 55.6 Å². The van der Waals surface area contributed by atoms with Crippen LogP contribution in [0.5, 0.6) is 5.75 Å². The Morgan fingerprint density at radius 1 is 1.21 bits per heavy atom. The molecule has 2 heterocycles. The largest absolute Gasteiger partial charge is 0.494 e. The summed E-state index contributed by atoms with van der Waals surface area (Å²) in [6, 6.07) is 15.4. The molecule has 0 aliphatic rings. The Kier molecular flexibility index (Phi) is 5.82. The molecule has 0 unspecified atom stereocenters. The molecule has 29 heavy (non-hydrogen) atoms. The molecule has 0 radical (unpaired) electrons. The van der Waals surface area contributed by atoms with Gasteiger partial charge in [0, 0.05) is 4.90 Å². The van der Waals surface area contributed by atoms with Crippen molar-refractivity contribution >= 4 is 44.4 Å². The summed E-state index contributed by atoms with van der Waals surface area (Å²) >= 11 is 2.77. The van der Waals surface area contributed by atoms with Crippen molar-refractivity contribution in [1.82, 2.24) is 4.98 Å². The van der Waals surface area contributed by atoms with Gasteiger partial charge in [-0.25, -0.2) is 9.37 Å². The third kappa shape index (κ3) is 4.44. The Morgan fingerprint density at radius 3 is 2.76 bits per heavy atom. The van der Waals surface area contributed by atoms with Crippen molar-refractivity contribution in [3.8, 4) is 5.75 Å². The van der Waals surface area contributed by atoms with Crippen LogP contribution >= 0.6 is 23.1 Å². The van der Waals surface area contributed by atoms with Crippen molar-refractivity contribution in [1.29, 1.82) is 0 Å². The molecule has 0 fully saturated rings. The maximum Gasteiger partial charge on any atom is 0.239 e. The van der Waals surface area contributed by atoms with E-state index in [-0.39, 0.29) is 24.0 Å². The van der Waals surface area contributed by atoms with Gasteiger partial charge in [-0.3, -0.25) is 9.69 Å². The van der Waals surface area contributed by atoms with Crippen LogP contribution in [0.15, 0.2) is 70.2 Å². The third-order valence-corrected chi connectivity index (χ3v) is 6.23. The number of para-hydroxylation sites is 1. The highest BCUT2D eigenvalue weighted by Crippen LogP contribution is 2.35. The van der Waals surface area contributed by atoms with Gasteiger partial charge in [0.2, 0.25) is 5.91 Å². The molecular weight excluding hydrogens is 411 g/mol. The summed E-state index contributed by atoms with van der Waals surface area (Å²) in [6.45, 7) is 0.276. The number of fused-ring (bicyclic) bond motifs is 1. The van der Waals surface area contributed by atoms with Gasteiger partial charge in [0.15, 0.2) is 5.13 Å². The molecule has 0 bridgehead atoms. The summed E-state index contributed by atoms with van der Waals surface area (Å²) in [5.41, 5.74) is 0.721. The van der Waals surface area contributed by atoms with Crippen molar-refractivity contribution < 1.29 is 18.3 Å². The van der Waals surface area contributed by atoms with Crippen molar-refractivity contribution in [2.75, 3.05) is 17.8 Å². The Morgan fingerprint density at radius 2 is 2.03 bits per heavy atom. The lowest BCUT2D eigenvalue weighted by molar-refractivity contribution is -0.116. The van der Waals surface area contributed by atoms with Crippen LogP contribution < -0.4 is 9.64 Å². The fourth-order valence-corrected chi connectivity index (χ4v) is 4.54. The number of carbonyl (C=O) groups excluding carboxylic acids is 1. The van der Waals surface area contributed by atoms with Gasteiger partial charge in [0.05, 0.1) is 30.4 Å². The smallest absolute Gasteiger partial charge is 0.239 e. The van der Waals surface area contributed by atoms with Crippen molar-refractivity contribution in [3.63, 3.8) is 0 Å². The Bertz CT molecular complexity index is 1110. The zero-order valence-electron chi connectivity index (χ0n) is 15.5. The number of hydrogen-bond acceptors (Lipinski definition) is 6. The van der Waals surface area contributed by atoms with Gasteiger partial charge in [-0.05, 0) is 48.5 Å². The van der Waals surface area contributed by atoms with Gasteiger partial charge in [0.1, 0.15) is 22.8 Å². The molecule has 8 heteroatoms. The number of methoxy groups -OCH3 is 1. The normalized spacial score (nSPS) is 11.0. The number of furan rings is 1. The van der Waals surface area contributed by atoms with E-state index in [1.165, 1.54) is 35.2 Å². The lowest BCUT2D eigenvalue weighted by Gasteiger charge is -2.18. The van der Waals surface area contributed by atoms with Crippen LogP contribution in [0.4, 0.5) is 9.52 Å². The first-order valence-electron chi connectivity index (χ1n) is 8.78. The van der Waals surface area contributed by atoms with Crippen molar-refractivity contribution in [3.05, 3.63) is 72.4 Å². The molecule has 2 aromatic heterocycles. The number of anilines is 1. The molecule has 4 rings (SSSR count). The minimum absolute atomic E-state index is 0.117. The highest BCUT2D eigenvalue weighted by Gasteiger charge is 2.22. The van der Waals surface area contributed by atoms with E-state index >= 15 is 0 Å². The molecule has 148 valence electrons. The molecule has 0 aliphatic carbocycles. The van der Waals surface area contributed by atoms with E-state index in [2.05, 4.69) is 4.98 Å². The molecule has 0 saturated heterocycles. The number of carbonyl (C=O) groups is 1. The molecule has 5 nitrogen and oxygen atoms in total. The first-order valence-corrected chi connectivity index (χ1v) is 10.6. The fourth-order valence-electron chi connectivity index (χ4n) is 2.77. The quantitative estimate of drug-likeness (QED) is 0.371. The standard InChI is InChI=1S/C21H17FN2O3S2/c1-26-17-5-2-6-18-20(17)23-21(29-18)24(12-15-4-3-11-27-15)19(25)13-28-16-9-7-14(22)8-10-16/h2-11H,12-13H2,1H3. The van der Waals surface area contributed by atoms with Gasteiger partial charge < -0.3 is 9.15 Å². The molecule has 0 atom stereocenters. The van der Waals surface area contributed by atoms with Gasteiger partial charge in [-0.2, -0.15) is 0 Å². The number of halogens is 1. The van der Waals surface area contributed by atoms with E-state index < -0.39 is 0 Å². The van der Waals surface area contributed by atoms with Gasteiger partial charge >= 0.3 is 0 Å². The monoisotopic (exact) mass is 428 g/mol. The Hall–Kier alpha value is -2.84. The lowest BCUT2D eigenvalue weighted by Crippen LogP contribution is -2.31. The maximum atomic E-state index is 13.1. The molecule has 1 amide bonds. The van der Waals surface area contributed by atoms with E-state index in [0.717, 1.165) is 15.1 Å². The molecule has 4 aromatic rings. The maximum absolute atomic E-state index is 13.1. The van der Waals surface area contributed by atoms with Crippen LogP contribution in [0.2, 0.25) is 0 Å². The fraction of sp³-hybridized carbons (Fsp3) is 0.143. The first kappa shape index (κ1) is 19.5. The highest BCUT2D eigenvalue weighted by atomic mass is 32.2.